The molecule has 0 radical (unpaired) electrons. The maximum absolute atomic E-state index is 5.61. The lowest BCUT2D eigenvalue weighted by Crippen LogP contribution is -2.28. The summed E-state index contributed by atoms with van der Waals surface area (Å²) in [5, 5.41) is 4.30. The van der Waals surface area contributed by atoms with Crippen LogP contribution in [0.3, 0.4) is 0 Å². The molecule has 5 nitrogen and oxygen atoms in total. The van der Waals surface area contributed by atoms with E-state index < -0.39 is 0 Å². The highest BCUT2D eigenvalue weighted by atomic mass is 15.3. The molecule has 2 aromatic rings. The summed E-state index contributed by atoms with van der Waals surface area (Å²) in [5.41, 5.74) is 4.88. The summed E-state index contributed by atoms with van der Waals surface area (Å²) in [6.45, 7) is 3.05. The SMILES string of the molecule is CCCn1cc(C(NN)c2cccnc2)cn1. The van der Waals surface area contributed by atoms with Crippen molar-refractivity contribution < 1.29 is 0 Å². The van der Waals surface area contributed by atoms with Gasteiger partial charge in [-0.3, -0.25) is 15.5 Å². The number of nitrogens with two attached hydrogens (primary N) is 1. The highest BCUT2D eigenvalue weighted by Gasteiger charge is 2.14. The van der Waals surface area contributed by atoms with Crippen LogP contribution in [0.1, 0.15) is 30.5 Å². The Kier molecular flexibility index (Phi) is 3.85. The van der Waals surface area contributed by atoms with Crippen molar-refractivity contribution in [2.45, 2.75) is 25.9 Å². The Balaban J connectivity index is 2.23. The van der Waals surface area contributed by atoms with Crippen molar-refractivity contribution in [2.75, 3.05) is 0 Å². The van der Waals surface area contributed by atoms with Crippen LogP contribution in [-0.2, 0) is 6.54 Å². The molecule has 2 aromatic heterocycles. The standard InChI is InChI=1S/C12H17N5/c1-2-6-17-9-11(8-15-17)12(16-13)10-4-3-5-14-7-10/h3-5,7-9,12,16H,2,6,13H2,1H3. The molecule has 0 bridgehead atoms. The fraction of sp³-hybridized carbons (Fsp3) is 0.333. The minimum absolute atomic E-state index is 0.0608. The highest BCUT2D eigenvalue weighted by molar-refractivity contribution is 5.26. The smallest absolute Gasteiger partial charge is 0.0755 e. The highest BCUT2D eigenvalue weighted by Crippen LogP contribution is 2.19. The van der Waals surface area contributed by atoms with Crippen LogP contribution in [0.15, 0.2) is 36.9 Å². The third-order valence-corrected chi connectivity index (χ3v) is 2.62. The van der Waals surface area contributed by atoms with Crippen LogP contribution in [0.2, 0.25) is 0 Å². The maximum Gasteiger partial charge on any atom is 0.0755 e. The second kappa shape index (κ2) is 5.56. The molecule has 0 aliphatic heterocycles. The molecule has 0 aliphatic rings. The third-order valence-electron chi connectivity index (χ3n) is 2.62. The molecule has 2 heterocycles. The van der Waals surface area contributed by atoms with Crippen molar-refractivity contribution in [3.63, 3.8) is 0 Å². The molecule has 0 aromatic carbocycles. The molecule has 2 rings (SSSR count). The van der Waals surface area contributed by atoms with E-state index in [0.29, 0.717) is 0 Å². The van der Waals surface area contributed by atoms with E-state index >= 15 is 0 Å². The van der Waals surface area contributed by atoms with Crippen LogP contribution in [0.5, 0.6) is 0 Å². The number of aryl methyl sites for hydroxylation is 1. The lowest BCUT2D eigenvalue weighted by molar-refractivity contribution is 0.597. The Bertz CT molecular complexity index is 451. The van der Waals surface area contributed by atoms with Gasteiger partial charge in [0.25, 0.3) is 0 Å². The fourth-order valence-corrected chi connectivity index (χ4v) is 1.81. The van der Waals surface area contributed by atoms with Gasteiger partial charge >= 0.3 is 0 Å². The Labute approximate surface area is 101 Å². The molecule has 3 N–H and O–H groups in total. The Morgan fingerprint density at radius 1 is 1.41 bits per heavy atom. The zero-order valence-corrected chi connectivity index (χ0v) is 9.87. The average Bonchev–Trinajstić information content (AvgIpc) is 2.81. The van der Waals surface area contributed by atoms with E-state index in [-0.39, 0.29) is 6.04 Å². The zero-order valence-electron chi connectivity index (χ0n) is 9.87. The number of nitrogens with one attached hydrogen (secondary N) is 1. The predicted molar refractivity (Wildman–Crippen MR) is 65.9 cm³/mol. The van der Waals surface area contributed by atoms with E-state index in [9.17, 15) is 0 Å². The molecule has 0 amide bonds. The number of hydrogen-bond acceptors (Lipinski definition) is 4. The number of aromatic nitrogens is 3. The second-order valence-electron chi connectivity index (χ2n) is 3.92. The van der Waals surface area contributed by atoms with Gasteiger partial charge in [0.15, 0.2) is 0 Å². The largest absolute Gasteiger partial charge is 0.272 e. The molecule has 90 valence electrons. The van der Waals surface area contributed by atoms with Gasteiger partial charge in [-0.25, -0.2) is 5.43 Å². The van der Waals surface area contributed by atoms with Crippen molar-refractivity contribution in [1.29, 1.82) is 0 Å². The lowest BCUT2D eigenvalue weighted by Gasteiger charge is -2.13. The lowest BCUT2D eigenvalue weighted by atomic mass is 10.0. The molecule has 0 aliphatic carbocycles. The second-order valence-corrected chi connectivity index (χ2v) is 3.92. The molecule has 0 saturated carbocycles. The van der Waals surface area contributed by atoms with Gasteiger partial charge in [-0.1, -0.05) is 13.0 Å². The van der Waals surface area contributed by atoms with Crippen molar-refractivity contribution in [3.8, 4) is 0 Å². The van der Waals surface area contributed by atoms with Crippen LogP contribution < -0.4 is 11.3 Å². The molecule has 0 spiro atoms. The average molecular weight is 231 g/mol. The van der Waals surface area contributed by atoms with Gasteiger partial charge in [-0.05, 0) is 18.1 Å². The van der Waals surface area contributed by atoms with E-state index in [2.05, 4.69) is 22.4 Å². The van der Waals surface area contributed by atoms with E-state index in [0.717, 1.165) is 24.1 Å². The van der Waals surface area contributed by atoms with Crippen LogP contribution in [0.4, 0.5) is 0 Å². The minimum atomic E-state index is -0.0608. The van der Waals surface area contributed by atoms with Crippen LogP contribution >= 0.6 is 0 Å². The summed E-state index contributed by atoms with van der Waals surface area (Å²) >= 11 is 0. The summed E-state index contributed by atoms with van der Waals surface area (Å²) in [4.78, 5) is 4.10. The van der Waals surface area contributed by atoms with Crippen molar-refractivity contribution >= 4 is 0 Å². The molecular formula is C12H17N5. The molecular weight excluding hydrogens is 214 g/mol. The monoisotopic (exact) mass is 231 g/mol. The summed E-state index contributed by atoms with van der Waals surface area (Å²) in [7, 11) is 0. The first-order valence-corrected chi connectivity index (χ1v) is 5.73. The van der Waals surface area contributed by atoms with E-state index in [4.69, 9.17) is 5.84 Å². The summed E-state index contributed by atoms with van der Waals surface area (Å²) in [5.74, 6) is 5.61. The molecule has 17 heavy (non-hydrogen) atoms. The first-order valence-electron chi connectivity index (χ1n) is 5.73. The molecule has 5 heteroatoms. The zero-order chi connectivity index (χ0) is 12.1. The quantitative estimate of drug-likeness (QED) is 0.600. The van der Waals surface area contributed by atoms with E-state index in [1.165, 1.54) is 0 Å². The number of pyridine rings is 1. The Morgan fingerprint density at radius 3 is 2.94 bits per heavy atom. The first kappa shape index (κ1) is 11.8. The van der Waals surface area contributed by atoms with Gasteiger partial charge in [-0.15, -0.1) is 0 Å². The third kappa shape index (κ3) is 2.69. The number of hydrogen-bond donors (Lipinski definition) is 2. The maximum atomic E-state index is 5.61. The van der Waals surface area contributed by atoms with Gasteiger partial charge in [0.1, 0.15) is 0 Å². The molecule has 0 saturated heterocycles. The summed E-state index contributed by atoms with van der Waals surface area (Å²) in [6, 6.07) is 3.83. The Hall–Kier alpha value is -1.72. The first-order chi connectivity index (χ1) is 8.35. The van der Waals surface area contributed by atoms with Gasteiger partial charge < -0.3 is 0 Å². The molecule has 1 unspecified atom stereocenters. The minimum Gasteiger partial charge on any atom is -0.272 e. The van der Waals surface area contributed by atoms with Crippen molar-refractivity contribution in [2.24, 2.45) is 5.84 Å². The van der Waals surface area contributed by atoms with Crippen molar-refractivity contribution in [1.82, 2.24) is 20.2 Å². The van der Waals surface area contributed by atoms with Crippen LogP contribution in [0.25, 0.3) is 0 Å². The van der Waals surface area contributed by atoms with E-state index in [1.807, 2.05) is 35.4 Å². The van der Waals surface area contributed by atoms with Gasteiger partial charge in [0, 0.05) is 30.7 Å². The van der Waals surface area contributed by atoms with E-state index in [1.54, 1.807) is 6.20 Å². The topological polar surface area (TPSA) is 68.8 Å². The van der Waals surface area contributed by atoms with Gasteiger partial charge in [-0.2, -0.15) is 5.10 Å². The van der Waals surface area contributed by atoms with Gasteiger partial charge in [0.2, 0.25) is 0 Å². The number of rotatable bonds is 5. The molecule has 0 fully saturated rings. The number of nitrogens with zero attached hydrogens (tertiary/aromatic N) is 3. The normalized spacial score (nSPS) is 12.6. The van der Waals surface area contributed by atoms with Crippen molar-refractivity contribution in [3.05, 3.63) is 48.0 Å². The predicted octanol–water partition coefficient (Wildman–Crippen LogP) is 1.24. The van der Waals surface area contributed by atoms with Crippen LogP contribution in [0, 0.1) is 0 Å². The summed E-state index contributed by atoms with van der Waals surface area (Å²) < 4.78 is 1.93. The van der Waals surface area contributed by atoms with Gasteiger partial charge in [0.05, 0.1) is 12.2 Å². The summed E-state index contributed by atoms with van der Waals surface area (Å²) in [6.07, 6.45) is 8.47. The molecule has 1 atom stereocenters. The fourth-order valence-electron chi connectivity index (χ4n) is 1.81. The Morgan fingerprint density at radius 2 is 2.29 bits per heavy atom. The number of hydrazine groups is 1. The van der Waals surface area contributed by atoms with Crippen LogP contribution in [-0.4, -0.2) is 14.8 Å².